The lowest BCUT2D eigenvalue weighted by molar-refractivity contribution is 0.313. The van der Waals surface area contributed by atoms with Crippen LogP contribution < -0.4 is 10.3 Å². The van der Waals surface area contributed by atoms with Gasteiger partial charge in [-0.15, -0.1) is 11.3 Å². The molecule has 0 aliphatic carbocycles. The molecule has 4 heterocycles. The van der Waals surface area contributed by atoms with E-state index < -0.39 is 0 Å². The number of ether oxygens (including phenoxy) is 1. The molecule has 0 fully saturated rings. The number of benzene rings is 1. The topological polar surface area (TPSA) is 96.6 Å². The van der Waals surface area contributed by atoms with Crippen molar-refractivity contribution in [1.29, 1.82) is 0 Å². The molecule has 0 unspecified atom stereocenters. The number of rotatable bonds is 5. The Balaban J connectivity index is 1.44. The van der Waals surface area contributed by atoms with E-state index in [2.05, 4.69) is 24.9 Å². The maximum absolute atomic E-state index is 12.1. The van der Waals surface area contributed by atoms with Gasteiger partial charge in [0, 0.05) is 34.7 Å². The standard InChI is InChI=1S/C20H14ClN5O2S/c21-12-3-4-15-14(8-12)11(9-23-15)5-7-28-19-16-20(29-10-24-16)26-17(25-19)13-2-1-6-22-18(13)27/h1-4,6,8-10,23H,5,7H2,(H,22,27). The number of nitrogens with zero attached hydrogens (tertiary/aromatic N) is 3. The Morgan fingerprint density at radius 1 is 1.17 bits per heavy atom. The lowest BCUT2D eigenvalue weighted by Gasteiger charge is -2.07. The molecule has 144 valence electrons. The van der Waals surface area contributed by atoms with Crippen molar-refractivity contribution in [2.45, 2.75) is 6.42 Å². The molecule has 0 saturated heterocycles. The Bertz CT molecular complexity index is 1390. The van der Waals surface area contributed by atoms with Gasteiger partial charge in [0.05, 0.1) is 17.7 Å². The number of thiazole rings is 1. The normalized spacial score (nSPS) is 11.3. The molecule has 0 bridgehead atoms. The average Bonchev–Trinajstić information content (AvgIpc) is 3.35. The quantitative estimate of drug-likeness (QED) is 0.441. The summed E-state index contributed by atoms with van der Waals surface area (Å²) >= 11 is 7.50. The maximum atomic E-state index is 12.1. The van der Waals surface area contributed by atoms with Crippen molar-refractivity contribution < 1.29 is 4.74 Å². The number of hydrogen-bond acceptors (Lipinski definition) is 6. The molecular weight excluding hydrogens is 410 g/mol. The SMILES string of the molecule is O=c1[nH]cccc1-c1nc(OCCc2c[nH]c3ccc(Cl)cc23)c2ncsc2n1. The Labute approximate surface area is 173 Å². The number of hydrogen-bond donors (Lipinski definition) is 2. The van der Waals surface area contributed by atoms with E-state index in [1.54, 1.807) is 23.8 Å². The molecule has 0 atom stereocenters. The lowest BCUT2D eigenvalue weighted by atomic mass is 10.1. The van der Waals surface area contributed by atoms with Gasteiger partial charge in [-0.25, -0.2) is 9.97 Å². The van der Waals surface area contributed by atoms with Crippen LogP contribution in [0.1, 0.15) is 5.56 Å². The van der Waals surface area contributed by atoms with Crippen LogP contribution >= 0.6 is 22.9 Å². The molecule has 0 radical (unpaired) electrons. The van der Waals surface area contributed by atoms with E-state index in [1.807, 2.05) is 24.4 Å². The summed E-state index contributed by atoms with van der Waals surface area (Å²) in [5.74, 6) is 0.685. The van der Waals surface area contributed by atoms with Crippen LogP contribution in [-0.2, 0) is 6.42 Å². The van der Waals surface area contributed by atoms with Crippen molar-refractivity contribution in [2.24, 2.45) is 0 Å². The summed E-state index contributed by atoms with van der Waals surface area (Å²) in [7, 11) is 0. The molecule has 5 rings (SSSR count). The molecule has 0 amide bonds. The summed E-state index contributed by atoms with van der Waals surface area (Å²) in [4.78, 5) is 31.9. The van der Waals surface area contributed by atoms with Crippen molar-refractivity contribution in [3.63, 3.8) is 0 Å². The van der Waals surface area contributed by atoms with Crippen LogP contribution in [0.3, 0.4) is 0 Å². The molecule has 0 spiro atoms. The fraction of sp³-hybridized carbons (Fsp3) is 0.100. The first-order valence-electron chi connectivity index (χ1n) is 8.86. The Morgan fingerprint density at radius 2 is 2.10 bits per heavy atom. The number of aromatic amines is 2. The molecule has 7 nitrogen and oxygen atoms in total. The Morgan fingerprint density at radius 3 is 3.00 bits per heavy atom. The van der Waals surface area contributed by atoms with E-state index in [-0.39, 0.29) is 5.56 Å². The molecular formula is C20H14ClN5O2S. The fourth-order valence-corrected chi connectivity index (χ4v) is 3.99. The van der Waals surface area contributed by atoms with Gasteiger partial charge in [0.2, 0.25) is 5.88 Å². The highest BCUT2D eigenvalue weighted by molar-refractivity contribution is 7.16. The van der Waals surface area contributed by atoms with E-state index in [4.69, 9.17) is 16.3 Å². The molecule has 5 aromatic rings. The molecule has 29 heavy (non-hydrogen) atoms. The summed E-state index contributed by atoms with van der Waals surface area (Å²) in [6.07, 6.45) is 4.19. The molecule has 0 saturated carbocycles. The monoisotopic (exact) mass is 423 g/mol. The van der Waals surface area contributed by atoms with Crippen LogP contribution in [0.5, 0.6) is 5.88 Å². The predicted octanol–water partition coefficient (Wildman–Crippen LogP) is 4.20. The van der Waals surface area contributed by atoms with Crippen LogP contribution in [0, 0.1) is 0 Å². The predicted molar refractivity (Wildman–Crippen MR) is 114 cm³/mol. The summed E-state index contributed by atoms with van der Waals surface area (Å²) in [6, 6.07) is 9.16. The van der Waals surface area contributed by atoms with Gasteiger partial charge in [-0.1, -0.05) is 11.6 Å². The van der Waals surface area contributed by atoms with E-state index in [9.17, 15) is 4.79 Å². The summed E-state index contributed by atoms with van der Waals surface area (Å²) < 4.78 is 5.97. The third kappa shape index (κ3) is 3.37. The van der Waals surface area contributed by atoms with Crippen molar-refractivity contribution in [2.75, 3.05) is 6.61 Å². The van der Waals surface area contributed by atoms with Crippen molar-refractivity contribution in [1.82, 2.24) is 24.9 Å². The molecule has 0 aliphatic heterocycles. The van der Waals surface area contributed by atoms with Crippen LogP contribution in [0.2, 0.25) is 5.02 Å². The minimum atomic E-state index is -0.252. The van der Waals surface area contributed by atoms with Crippen molar-refractivity contribution in [3.05, 3.63) is 69.2 Å². The van der Waals surface area contributed by atoms with Crippen LogP contribution in [0.4, 0.5) is 0 Å². The number of halogens is 1. The zero-order valence-electron chi connectivity index (χ0n) is 15.0. The molecule has 9 heteroatoms. The third-order valence-corrected chi connectivity index (χ3v) is 5.52. The van der Waals surface area contributed by atoms with Gasteiger partial charge in [-0.05, 0) is 35.9 Å². The first-order chi connectivity index (χ1) is 14.2. The fourth-order valence-electron chi connectivity index (χ4n) is 3.17. The Kier molecular flexibility index (Phi) is 4.49. The summed E-state index contributed by atoms with van der Waals surface area (Å²) in [5, 5.41) is 1.76. The second kappa shape index (κ2) is 7.31. The van der Waals surface area contributed by atoms with E-state index in [0.717, 1.165) is 16.5 Å². The Hall–Kier alpha value is -3.23. The summed E-state index contributed by atoms with van der Waals surface area (Å²) in [5.41, 5.74) is 4.54. The van der Waals surface area contributed by atoms with Gasteiger partial charge >= 0.3 is 0 Å². The third-order valence-electron chi connectivity index (χ3n) is 4.56. The van der Waals surface area contributed by atoms with Crippen molar-refractivity contribution in [3.8, 4) is 17.3 Å². The van der Waals surface area contributed by atoms with Crippen LogP contribution in [0.15, 0.2) is 53.0 Å². The van der Waals surface area contributed by atoms with Gasteiger partial charge in [-0.2, -0.15) is 4.98 Å². The second-order valence-electron chi connectivity index (χ2n) is 6.37. The van der Waals surface area contributed by atoms with Gasteiger partial charge in [0.25, 0.3) is 5.56 Å². The molecule has 1 aromatic carbocycles. The first-order valence-corrected chi connectivity index (χ1v) is 10.1. The van der Waals surface area contributed by atoms with E-state index >= 15 is 0 Å². The van der Waals surface area contributed by atoms with Gasteiger partial charge < -0.3 is 14.7 Å². The maximum Gasteiger partial charge on any atom is 0.259 e. The number of fused-ring (bicyclic) bond motifs is 2. The molecule has 2 N–H and O–H groups in total. The van der Waals surface area contributed by atoms with E-state index in [0.29, 0.717) is 45.7 Å². The van der Waals surface area contributed by atoms with Crippen LogP contribution in [0.25, 0.3) is 32.6 Å². The lowest BCUT2D eigenvalue weighted by Crippen LogP contribution is -2.10. The zero-order valence-corrected chi connectivity index (χ0v) is 16.5. The highest BCUT2D eigenvalue weighted by Gasteiger charge is 2.15. The van der Waals surface area contributed by atoms with Gasteiger partial charge in [0.1, 0.15) is 0 Å². The average molecular weight is 424 g/mol. The minimum absolute atomic E-state index is 0.252. The highest BCUT2D eigenvalue weighted by Crippen LogP contribution is 2.27. The second-order valence-corrected chi connectivity index (χ2v) is 7.64. The van der Waals surface area contributed by atoms with Crippen LogP contribution in [-0.4, -0.2) is 31.5 Å². The molecule has 0 aliphatic rings. The highest BCUT2D eigenvalue weighted by atomic mass is 35.5. The molecule has 4 aromatic heterocycles. The largest absolute Gasteiger partial charge is 0.476 e. The number of aromatic nitrogens is 5. The number of pyridine rings is 1. The summed E-state index contributed by atoms with van der Waals surface area (Å²) in [6.45, 7) is 0.397. The number of H-pyrrole nitrogens is 2. The van der Waals surface area contributed by atoms with E-state index in [1.165, 1.54) is 11.3 Å². The number of nitrogens with one attached hydrogen (secondary N) is 2. The van der Waals surface area contributed by atoms with Gasteiger partial charge in [0.15, 0.2) is 16.2 Å². The van der Waals surface area contributed by atoms with Gasteiger partial charge in [-0.3, -0.25) is 4.79 Å². The van der Waals surface area contributed by atoms with Crippen molar-refractivity contribution >= 4 is 44.2 Å². The minimum Gasteiger partial charge on any atom is -0.476 e. The zero-order chi connectivity index (χ0) is 19.8. The smallest absolute Gasteiger partial charge is 0.259 e. The first kappa shape index (κ1) is 17.8.